The van der Waals surface area contributed by atoms with Gasteiger partial charge in [0.05, 0.1) is 18.8 Å². The first-order valence-electron chi connectivity index (χ1n) is 6.83. The number of hydrogen-bond acceptors (Lipinski definition) is 5. The predicted octanol–water partition coefficient (Wildman–Crippen LogP) is 2.62. The fourth-order valence-corrected chi connectivity index (χ4v) is 1.58. The molecule has 0 unspecified atom stereocenters. The molecular formula is C15H16F3NO4. The van der Waals surface area contributed by atoms with Crippen LogP contribution in [0.4, 0.5) is 13.2 Å². The van der Waals surface area contributed by atoms with Gasteiger partial charge in [0.1, 0.15) is 0 Å². The highest BCUT2D eigenvalue weighted by Gasteiger charge is 2.30. The highest BCUT2D eigenvalue weighted by Crippen LogP contribution is 2.28. The molecule has 1 aromatic rings. The largest absolute Gasteiger partial charge is 0.464 e. The smallest absolute Gasteiger partial charge is 0.416 e. The Balaban J connectivity index is 2.91. The molecule has 23 heavy (non-hydrogen) atoms. The van der Waals surface area contributed by atoms with Crippen LogP contribution in [0.2, 0.25) is 0 Å². The Morgan fingerprint density at radius 2 is 1.57 bits per heavy atom. The van der Waals surface area contributed by atoms with Gasteiger partial charge in [-0.15, -0.1) is 0 Å². The quantitative estimate of drug-likeness (QED) is 0.457. The first-order valence-corrected chi connectivity index (χ1v) is 6.83. The van der Waals surface area contributed by atoms with E-state index in [1.165, 1.54) is 12.1 Å². The molecule has 0 fully saturated rings. The van der Waals surface area contributed by atoms with Crippen LogP contribution in [-0.2, 0) is 25.2 Å². The predicted molar refractivity (Wildman–Crippen MR) is 76.1 cm³/mol. The van der Waals surface area contributed by atoms with Crippen molar-refractivity contribution in [2.24, 2.45) is 4.99 Å². The van der Waals surface area contributed by atoms with E-state index in [-0.39, 0.29) is 13.2 Å². The summed E-state index contributed by atoms with van der Waals surface area (Å²) in [4.78, 5) is 27.1. The minimum absolute atomic E-state index is 0.0601. The lowest BCUT2D eigenvalue weighted by molar-refractivity contribution is -0.156. The number of halogens is 3. The van der Waals surface area contributed by atoms with Crippen molar-refractivity contribution in [1.82, 2.24) is 0 Å². The molecular weight excluding hydrogens is 315 g/mol. The molecule has 1 aromatic carbocycles. The molecule has 0 atom stereocenters. The number of nitrogens with zero attached hydrogens (tertiary/aromatic N) is 1. The van der Waals surface area contributed by atoms with Gasteiger partial charge in [0.2, 0.25) is 6.04 Å². The summed E-state index contributed by atoms with van der Waals surface area (Å²) in [5.41, 5.74) is -0.501. The second kappa shape index (κ2) is 8.30. The van der Waals surface area contributed by atoms with E-state index >= 15 is 0 Å². The number of ether oxygens (including phenoxy) is 2. The lowest BCUT2D eigenvalue weighted by Crippen LogP contribution is -2.32. The minimum Gasteiger partial charge on any atom is -0.464 e. The average molecular weight is 331 g/mol. The fourth-order valence-electron chi connectivity index (χ4n) is 1.58. The van der Waals surface area contributed by atoms with Crippen molar-refractivity contribution in [1.29, 1.82) is 0 Å². The SMILES string of the molecule is CCOC(=O)C(N=Cc1ccc(C(F)(F)F)cc1)C(=O)OCC. The molecule has 126 valence electrons. The zero-order valence-electron chi connectivity index (χ0n) is 12.6. The molecule has 0 radical (unpaired) electrons. The maximum Gasteiger partial charge on any atom is 0.416 e. The van der Waals surface area contributed by atoms with Crippen molar-refractivity contribution in [3.05, 3.63) is 35.4 Å². The zero-order chi connectivity index (χ0) is 17.5. The molecule has 0 N–H and O–H groups in total. The fraction of sp³-hybridized carbons (Fsp3) is 0.400. The summed E-state index contributed by atoms with van der Waals surface area (Å²) in [5, 5.41) is 0. The lowest BCUT2D eigenvalue weighted by atomic mass is 10.1. The van der Waals surface area contributed by atoms with E-state index in [4.69, 9.17) is 9.47 Å². The molecule has 0 saturated heterocycles. The second-order valence-corrected chi connectivity index (χ2v) is 4.30. The van der Waals surface area contributed by atoms with E-state index < -0.39 is 29.7 Å². The van der Waals surface area contributed by atoms with Crippen LogP contribution in [0.1, 0.15) is 25.0 Å². The Bertz CT molecular complexity index is 549. The summed E-state index contributed by atoms with van der Waals surface area (Å²) in [7, 11) is 0. The molecule has 0 spiro atoms. The van der Waals surface area contributed by atoms with Gasteiger partial charge in [-0.2, -0.15) is 13.2 Å². The first-order chi connectivity index (χ1) is 10.8. The zero-order valence-corrected chi connectivity index (χ0v) is 12.6. The van der Waals surface area contributed by atoms with Crippen molar-refractivity contribution >= 4 is 18.2 Å². The number of rotatable bonds is 6. The number of benzene rings is 1. The summed E-state index contributed by atoms with van der Waals surface area (Å²) in [6.07, 6.45) is -3.31. The van der Waals surface area contributed by atoms with Crippen LogP contribution in [0, 0.1) is 0 Å². The number of alkyl halides is 3. The van der Waals surface area contributed by atoms with E-state index in [2.05, 4.69) is 4.99 Å². The molecule has 0 amide bonds. The van der Waals surface area contributed by atoms with E-state index in [0.29, 0.717) is 5.56 Å². The molecule has 8 heteroatoms. The molecule has 0 heterocycles. The molecule has 5 nitrogen and oxygen atoms in total. The van der Waals surface area contributed by atoms with Crippen molar-refractivity contribution in [2.45, 2.75) is 26.1 Å². The normalized spacial score (nSPS) is 11.7. The topological polar surface area (TPSA) is 65.0 Å². The Hall–Kier alpha value is -2.38. The maximum absolute atomic E-state index is 12.5. The number of carbonyl (C=O) groups is 2. The van der Waals surface area contributed by atoms with E-state index in [0.717, 1.165) is 18.3 Å². The van der Waals surface area contributed by atoms with Gasteiger partial charge in [0, 0.05) is 6.21 Å². The molecule has 0 aromatic heterocycles. The third-order valence-corrected chi connectivity index (χ3v) is 2.63. The van der Waals surface area contributed by atoms with Crippen LogP contribution in [0.3, 0.4) is 0 Å². The van der Waals surface area contributed by atoms with Crippen molar-refractivity contribution < 1.29 is 32.2 Å². The summed E-state index contributed by atoms with van der Waals surface area (Å²) in [5.74, 6) is -1.76. The third kappa shape index (κ3) is 5.72. The Labute approximate surface area is 131 Å². The first kappa shape index (κ1) is 18.7. The minimum atomic E-state index is -4.44. The van der Waals surface area contributed by atoms with E-state index in [9.17, 15) is 22.8 Å². The van der Waals surface area contributed by atoms with Gasteiger partial charge in [0.15, 0.2) is 0 Å². The summed E-state index contributed by atoms with van der Waals surface area (Å²) in [6, 6.07) is 2.62. The van der Waals surface area contributed by atoms with Crippen LogP contribution in [-0.4, -0.2) is 37.4 Å². The van der Waals surface area contributed by atoms with Crippen LogP contribution in [0.25, 0.3) is 0 Å². The van der Waals surface area contributed by atoms with Gasteiger partial charge in [-0.3, -0.25) is 4.99 Å². The third-order valence-electron chi connectivity index (χ3n) is 2.63. The van der Waals surface area contributed by atoms with Crippen molar-refractivity contribution in [3.8, 4) is 0 Å². The maximum atomic E-state index is 12.5. The number of aliphatic imine (C=N–C) groups is 1. The monoisotopic (exact) mass is 331 g/mol. The molecule has 0 bridgehead atoms. The van der Waals surface area contributed by atoms with Crippen LogP contribution >= 0.6 is 0 Å². The number of hydrogen-bond donors (Lipinski definition) is 0. The molecule has 0 aliphatic heterocycles. The summed E-state index contributed by atoms with van der Waals surface area (Å²) < 4.78 is 46.8. The molecule has 0 saturated carbocycles. The Kier molecular flexibility index (Phi) is 6.74. The van der Waals surface area contributed by atoms with E-state index in [1.807, 2.05) is 0 Å². The van der Waals surface area contributed by atoms with Crippen LogP contribution in [0.15, 0.2) is 29.3 Å². The van der Waals surface area contributed by atoms with Gasteiger partial charge in [-0.05, 0) is 31.5 Å². The van der Waals surface area contributed by atoms with Gasteiger partial charge < -0.3 is 9.47 Å². The van der Waals surface area contributed by atoms with Gasteiger partial charge in [0.25, 0.3) is 0 Å². The highest BCUT2D eigenvalue weighted by molar-refractivity contribution is 6.01. The molecule has 1 rings (SSSR count). The van der Waals surface area contributed by atoms with Crippen LogP contribution < -0.4 is 0 Å². The van der Waals surface area contributed by atoms with E-state index in [1.54, 1.807) is 13.8 Å². The summed E-state index contributed by atoms with van der Waals surface area (Å²) >= 11 is 0. The summed E-state index contributed by atoms with van der Waals surface area (Å²) in [6.45, 7) is 3.26. The standard InChI is InChI=1S/C15H16F3NO4/c1-3-22-13(20)12(14(21)23-4-2)19-9-10-5-7-11(8-6-10)15(16,17)18/h5-9,12H,3-4H2,1-2H3. The number of carbonyl (C=O) groups excluding carboxylic acids is 2. The Morgan fingerprint density at radius 3 is 1.96 bits per heavy atom. The highest BCUT2D eigenvalue weighted by atomic mass is 19.4. The van der Waals surface area contributed by atoms with Gasteiger partial charge in [-0.1, -0.05) is 12.1 Å². The van der Waals surface area contributed by atoms with Gasteiger partial charge in [-0.25, -0.2) is 9.59 Å². The van der Waals surface area contributed by atoms with Crippen molar-refractivity contribution in [2.75, 3.05) is 13.2 Å². The Morgan fingerprint density at radius 1 is 1.09 bits per heavy atom. The van der Waals surface area contributed by atoms with Gasteiger partial charge >= 0.3 is 18.1 Å². The van der Waals surface area contributed by atoms with Crippen LogP contribution in [0.5, 0.6) is 0 Å². The second-order valence-electron chi connectivity index (χ2n) is 4.30. The van der Waals surface area contributed by atoms with Crippen molar-refractivity contribution in [3.63, 3.8) is 0 Å². The molecule has 0 aliphatic carbocycles. The molecule has 0 aliphatic rings. The number of esters is 2. The average Bonchev–Trinajstić information content (AvgIpc) is 2.47. The lowest BCUT2D eigenvalue weighted by Gasteiger charge is -2.10.